The van der Waals surface area contributed by atoms with Gasteiger partial charge in [0.05, 0.1) is 5.71 Å². The molecule has 0 aliphatic rings. The first-order valence-corrected chi connectivity index (χ1v) is 6.70. The van der Waals surface area contributed by atoms with Gasteiger partial charge >= 0.3 is 0 Å². The van der Waals surface area contributed by atoms with E-state index < -0.39 is 0 Å². The highest BCUT2D eigenvalue weighted by atomic mass is 79.9. The summed E-state index contributed by atoms with van der Waals surface area (Å²) in [6, 6.07) is 5.43. The van der Waals surface area contributed by atoms with Crippen molar-refractivity contribution in [3.8, 4) is 5.75 Å². The minimum atomic E-state index is 0.184. The molecule has 0 atom stereocenters. The summed E-state index contributed by atoms with van der Waals surface area (Å²) in [5, 5.41) is 17.3. The van der Waals surface area contributed by atoms with Gasteiger partial charge in [0, 0.05) is 16.1 Å². The number of hydrogen-bond donors (Lipinski definition) is 3. The Morgan fingerprint density at radius 1 is 1.44 bits per heavy atom. The lowest BCUT2D eigenvalue weighted by atomic mass is 10.1. The number of thiocarbonyl (C=S) groups is 1. The van der Waals surface area contributed by atoms with E-state index in [4.69, 9.17) is 12.2 Å². The van der Waals surface area contributed by atoms with Crippen LogP contribution in [0.3, 0.4) is 0 Å². The molecule has 0 saturated carbocycles. The van der Waals surface area contributed by atoms with E-state index >= 15 is 0 Å². The van der Waals surface area contributed by atoms with Crippen molar-refractivity contribution in [1.29, 1.82) is 0 Å². The summed E-state index contributed by atoms with van der Waals surface area (Å²) < 4.78 is 0.882. The van der Waals surface area contributed by atoms with Crippen LogP contribution in [-0.2, 0) is 0 Å². The summed E-state index contributed by atoms with van der Waals surface area (Å²) in [5.74, 6) is 0.184. The van der Waals surface area contributed by atoms with Gasteiger partial charge in [0.25, 0.3) is 0 Å². The smallest absolute Gasteiger partial charge is 0.187 e. The molecule has 1 aromatic carbocycles. The molecule has 18 heavy (non-hydrogen) atoms. The molecule has 1 rings (SSSR count). The third-order valence-corrected chi connectivity index (χ3v) is 2.80. The second kappa shape index (κ2) is 6.70. The first-order valence-electron chi connectivity index (χ1n) is 5.50. The lowest BCUT2D eigenvalue weighted by Crippen LogP contribution is -2.37. The molecule has 0 radical (unpaired) electrons. The van der Waals surface area contributed by atoms with Crippen molar-refractivity contribution in [1.82, 2.24) is 10.7 Å². The number of nitrogens with zero attached hydrogens (tertiary/aromatic N) is 1. The van der Waals surface area contributed by atoms with Crippen molar-refractivity contribution in [2.45, 2.75) is 26.8 Å². The first-order chi connectivity index (χ1) is 8.40. The molecular weight excluding hydrogens is 314 g/mol. The number of rotatable bonds is 3. The predicted molar refractivity (Wildman–Crippen MR) is 82.0 cm³/mol. The van der Waals surface area contributed by atoms with Gasteiger partial charge in [0.15, 0.2) is 5.11 Å². The van der Waals surface area contributed by atoms with Crippen LogP contribution < -0.4 is 10.7 Å². The summed E-state index contributed by atoms with van der Waals surface area (Å²) in [6.07, 6.45) is 0. The van der Waals surface area contributed by atoms with Crippen LogP contribution in [0, 0.1) is 0 Å². The fourth-order valence-corrected chi connectivity index (χ4v) is 1.93. The molecule has 6 heteroatoms. The Morgan fingerprint density at radius 2 is 2.11 bits per heavy atom. The molecule has 0 unspecified atom stereocenters. The van der Waals surface area contributed by atoms with Gasteiger partial charge in [-0.3, -0.25) is 5.43 Å². The van der Waals surface area contributed by atoms with Crippen LogP contribution in [0.15, 0.2) is 27.8 Å². The van der Waals surface area contributed by atoms with Gasteiger partial charge in [-0.2, -0.15) is 5.10 Å². The molecule has 0 heterocycles. The van der Waals surface area contributed by atoms with Crippen molar-refractivity contribution >= 4 is 39.0 Å². The zero-order valence-electron chi connectivity index (χ0n) is 10.5. The Kier molecular flexibility index (Phi) is 5.55. The Bertz CT molecular complexity index is 474. The molecule has 0 bridgehead atoms. The number of aromatic hydroxyl groups is 1. The topological polar surface area (TPSA) is 56.7 Å². The van der Waals surface area contributed by atoms with Crippen LogP contribution in [0.2, 0.25) is 0 Å². The van der Waals surface area contributed by atoms with Crippen LogP contribution in [0.5, 0.6) is 5.75 Å². The number of phenols is 1. The van der Waals surface area contributed by atoms with Gasteiger partial charge in [-0.25, -0.2) is 0 Å². The van der Waals surface area contributed by atoms with Crippen LogP contribution in [0.4, 0.5) is 0 Å². The number of hydrazone groups is 1. The molecule has 1 aromatic rings. The lowest BCUT2D eigenvalue weighted by Gasteiger charge is -2.11. The van der Waals surface area contributed by atoms with Crippen molar-refractivity contribution in [2.75, 3.05) is 0 Å². The number of nitrogens with one attached hydrogen (secondary N) is 2. The van der Waals surface area contributed by atoms with E-state index in [1.54, 1.807) is 25.1 Å². The van der Waals surface area contributed by atoms with Crippen LogP contribution in [0.1, 0.15) is 26.3 Å². The van der Waals surface area contributed by atoms with Crippen molar-refractivity contribution < 1.29 is 5.11 Å². The third kappa shape index (κ3) is 4.62. The summed E-state index contributed by atoms with van der Waals surface area (Å²) in [4.78, 5) is 0. The number of halogens is 1. The second-order valence-electron chi connectivity index (χ2n) is 4.10. The molecule has 0 aromatic heterocycles. The Morgan fingerprint density at radius 3 is 2.72 bits per heavy atom. The van der Waals surface area contributed by atoms with E-state index in [-0.39, 0.29) is 11.8 Å². The number of phenolic OH excluding ortho intramolecular Hbond substituents is 1. The fourth-order valence-electron chi connectivity index (χ4n) is 1.29. The van der Waals surface area contributed by atoms with E-state index in [1.165, 1.54) is 0 Å². The SMILES string of the molecule is C/C(=N\NC(=S)NC(C)C)c1cc(Br)ccc1O. The molecule has 0 amide bonds. The average molecular weight is 330 g/mol. The Labute approximate surface area is 121 Å². The largest absolute Gasteiger partial charge is 0.507 e. The van der Waals surface area contributed by atoms with E-state index in [9.17, 15) is 5.11 Å². The van der Waals surface area contributed by atoms with Gasteiger partial charge in [0.2, 0.25) is 0 Å². The van der Waals surface area contributed by atoms with Crippen LogP contribution >= 0.6 is 28.1 Å². The first kappa shape index (κ1) is 14.9. The third-order valence-electron chi connectivity index (χ3n) is 2.09. The molecule has 0 spiro atoms. The molecule has 0 aliphatic heterocycles. The maximum Gasteiger partial charge on any atom is 0.187 e. The second-order valence-corrected chi connectivity index (χ2v) is 5.42. The van der Waals surface area contributed by atoms with Gasteiger partial charge in [-0.1, -0.05) is 15.9 Å². The highest BCUT2D eigenvalue weighted by Crippen LogP contribution is 2.22. The summed E-state index contributed by atoms with van der Waals surface area (Å²) >= 11 is 8.41. The summed E-state index contributed by atoms with van der Waals surface area (Å²) in [7, 11) is 0. The maximum absolute atomic E-state index is 9.74. The minimum absolute atomic E-state index is 0.184. The van der Waals surface area contributed by atoms with Crippen LogP contribution in [0.25, 0.3) is 0 Å². The van der Waals surface area contributed by atoms with E-state index in [1.807, 2.05) is 13.8 Å². The molecule has 98 valence electrons. The van der Waals surface area contributed by atoms with Gasteiger partial charge in [-0.15, -0.1) is 0 Å². The van der Waals surface area contributed by atoms with Crippen molar-refractivity contribution in [2.24, 2.45) is 5.10 Å². The fraction of sp³-hybridized carbons (Fsp3) is 0.333. The van der Waals surface area contributed by atoms with E-state index in [2.05, 4.69) is 31.8 Å². The standard InChI is InChI=1S/C12H16BrN3OS/c1-7(2)14-12(18)16-15-8(3)10-6-9(13)4-5-11(10)17/h4-7,17H,1-3H3,(H2,14,16,18)/b15-8+. The Balaban J connectivity index is 2.77. The van der Waals surface area contributed by atoms with Crippen molar-refractivity contribution in [3.63, 3.8) is 0 Å². The zero-order valence-corrected chi connectivity index (χ0v) is 12.9. The number of benzene rings is 1. The minimum Gasteiger partial charge on any atom is -0.507 e. The van der Waals surface area contributed by atoms with Gasteiger partial charge < -0.3 is 10.4 Å². The normalized spacial score (nSPS) is 11.5. The number of hydrogen-bond acceptors (Lipinski definition) is 3. The van der Waals surface area contributed by atoms with Gasteiger partial charge in [-0.05, 0) is 51.2 Å². The predicted octanol–water partition coefficient (Wildman–Crippen LogP) is 2.75. The van der Waals surface area contributed by atoms with Gasteiger partial charge in [0.1, 0.15) is 5.75 Å². The quantitative estimate of drug-likeness (QED) is 0.453. The molecule has 4 nitrogen and oxygen atoms in total. The Hall–Kier alpha value is -1.14. The lowest BCUT2D eigenvalue weighted by molar-refractivity contribution is 0.474. The molecule has 0 aliphatic carbocycles. The highest BCUT2D eigenvalue weighted by molar-refractivity contribution is 9.10. The maximum atomic E-state index is 9.74. The zero-order chi connectivity index (χ0) is 13.7. The molecule has 0 fully saturated rings. The highest BCUT2D eigenvalue weighted by Gasteiger charge is 2.05. The van der Waals surface area contributed by atoms with E-state index in [0.717, 1.165) is 4.47 Å². The van der Waals surface area contributed by atoms with Crippen molar-refractivity contribution in [3.05, 3.63) is 28.2 Å². The molecule has 3 N–H and O–H groups in total. The van der Waals surface area contributed by atoms with Crippen LogP contribution in [-0.4, -0.2) is 22.0 Å². The summed E-state index contributed by atoms with van der Waals surface area (Å²) in [5.41, 5.74) is 4.05. The summed E-state index contributed by atoms with van der Waals surface area (Å²) in [6.45, 7) is 5.78. The van der Waals surface area contributed by atoms with E-state index in [0.29, 0.717) is 16.4 Å². The molecule has 0 saturated heterocycles. The monoisotopic (exact) mass is 329 g/mol. The average Bonchev–Trinajstić information content (AvgIpc) is 2.28. The molecular formula is C12H16BrN3OS.